The number of aromatic nitrogens is 2. The molecule has 2 rings (SSSR count). The van der Waals surface area contributed by atoms with Gasteiger partial charge in [-0.05, 0) is 26.0 Å². The predicted octanol–water partition coefficient (Wildman–Crippen LogP) is 3.04. The largest absolute Gasteiger partial charge is 0.360 e. The van der Waals surface area contributed by atoms with E-state index >= 15 is 0 Å². The molecular formula is C15H13N5. The molecule has 0 bridgehead atoms. The number of H-pyrrole nitrogens is 1. The van der Waals surface area contributed by atoms with Gasteiger partial charge in [0.2, 0.25) is 0 Å². The van der Waals surface area contributed by atoms with E-state index in [1.807, 2.05) is 38.1 Å². The molecular weight excluding hydrogens is 250 g/mol. The van der Waals surface area contributed by atoms with Gasteiger partial charge in [-0.3, -0.25) is 0 Å². The van der Waals surface area contributed by atoms with Crippen molar-refractivity contribution in [2.24, 2.45) is 0 Å². The minimum absolute atomic E-state index is 0.0279. The van der Waals surface area contributed by atoms with Crippen LogP contribution in [-0.2, 0) is 0 Å². The number of hydrogen-bond acceptors (Lipinski definition) is 4. The number of aryl methyl sites for hydroxylation is 2. The van der Waals surface area contributed by atoms with Crippen molar-refractivity contribution in [3.63, 3.8) is 0 Å². The Hall–Kier alpha value is -3.05. The fourth-order valence-corrected chi connectivity index (χ4v) is 1.69. The first kappa shape index (κ1) is 13.4. The second kappa shape index (κ2) is 5.73. The number of aromatic amines is 1. The lowest BCUT2D eigenvalue weighted by Crippen LogP contribution is -1.90. The van der Waals surface area contributed by atoms with Crippen molar-refractivity contribution >= 4 is 5.69 Å². The number of benzene rings is 1. The first-order chi connectivity index (χ1) is 9.63. The van der Waals surface area contributed by atoms with Crippen LogP contribution in [-0.4, -0.2) is 9.97 Å². The van der Waals surface area contributed by atoms with Crippen molar-refractivity contribution in [2.45, 2.75) is 13.8 Å². The number of anilines is 1. The normalized spacial score (nSPS) is 9.40. The minimum atomic E-state index is 0.0279. The molecule has 0 spiro atoms. The van der Waals surface area contributed by atoms with E-state index in [4.69, 9.17) is 10.5 Å². The van der Waals surface area contributed by atoms with Crippen molar-refractivity contribution < 1.29 is 0 Å². The summed E-state index contributed by atoms with van der Waals surface area (Å²) in [5.74, 6) is 0.799. The van der Waals surface area contributed by atoms with Gasteiger partial charge < -0.3 is 10.3 Å². The standard InChI is InChI=1S/C15H13N5/c1-10-11(2)20-15(19-10)13-4-3-5-14(6-13)18-9-12(7-16)8-17/h3-6,9,18H,1-2H3,(H,19,20). The molecule has 98 valence electrons. The van der Waals surface area contributed by atoms with Crippen LogP contribution in [0.2, 0.25) is 0 Å². The van der Waals surface area contributed by atoms with E-state index in [2.05, 4.69) is 15.3 Å². The number of hydrogen-bond donors (Lipinski definition) is 2. The van der Waals surface area contributed by atoms with Gasteiger partial charge in [-0.1, -0.05) is 12.1 Å². The summed E-state index contributed by atoms with van der Waals surface area (Å²) in [6, 6.07) is 11.2. The van der Waals surface area contributed by atoms with Gasteiger partial charge >= 0.3 is 0 Å². The van der Waals surface area contributed by atoms with E-state index in [1.165, 1.54) is 6.20 Å². The van der Waals surface area contributed by atoms with Gasteiger partial charge in [0, 0.05) is 23.1 Å². The van der Waals surface area contributed by atoms with Crippen molar-refractivity contribution in [1.29, 1.82) is 10.5 Å². The number of rotatable bonds is 3. The van der Waals surface area contributed by atoms with Crippen LogP contribution in [0.4, 0.5) is 5.69 Å². The highest BCUT2D eigenvalue weighted by Gasteiger charge is 2.05. The summed E-state index contributed by atoms with van der Waals surface area (Å²) in [7, 11) is 0. The SMILES string of the molecule is Cc1nc(-c2cccc(NC=C(C#N)C#N)c2)[nH]c1C. The molecule has 0 atom stereocenters. The summed E-state index contributed by atoms with van der Waals surface area (Å²) in [6.45, 7) is 3.93. The summed E-state index contributed by atoms with van der Waals surface area (Å²) in [5.41, 5.74) is 3.76. The summed E-state index contributed by atoms with van der Waals surface area (Å²) in [4.78, 5) is 7.66. The van der Waals surface area contributed by atoms with Gasteiger partial charge in [0.1, 0.15) is 23.5 Å². The molecule has 2 N–H and O–H groups in total. The third kappa shape index (κ3) is 2.85. The molecule has 0 aliphatic rings. The Kier molecular flexibility index (Phi) is 3.83. The van der Waals surface area contributed by atoms with Crippen LogP contribution in [0.1, 0.15) is 11.4 Å². The Morgan fingerprint density at radius 3 is 2.65 bits per heavy atom. The monoisotopic (exact) mass is 263 g/mol. The Labute approximate surface area is 117 Å². The topological polar surface area (TPSA) is 88.3 Å². The smallest absolute Gasteiger partial charge is 0.145 e. The quantitative estimate of drug-likeness (QED) is 0.833. The third-order valence-corrected chi connectivity index (χ3v) is 2.89. The van der Waals surface area contributed by atoms with Gasteiger partial charge in [-0.15, -0.1) is 0 Å². The average molecular weight is 263 g/mol. The molecule has 5 heteroatoms. The molecule has 0 saturated carbocycles. The molecule has 0 fully saturated rings. The summed E-state index contributed by atoms with van der Waals surface area (Å²) >= 11 is 0. The van der Waals surface area contributed by atoms with Gasteiger partial charge in [0.05, 0.1) is 5.69 Å². The highest BCUT2D eigenvalue weighted by molar-refractivity contribution is 5.64. The maximum absolute atomic E-state index is 8.67. The van der Waals surface area contributed by atoms with Crippen molar-refractivity contribution in [2.75, 3.05) is 5.32 Å². The zero-order valence-electron chi connectivity index (χ0n) is 11.2. The second-order valence-corrected chi connectivity index (χ2v) is 4.30. The molecule has 0 aliphatic heterocycles. The molecule has 0 radical (unpaired) electrons. The van der Waals surface area contributed by atoms with E-state index in [9.17, 15) is 0 Å². The Morgan fingerprint density at radius 2 is 2.05 bits per heavy atom. The molecule has 2 aromatic rings. The highest BCUT2D eigenvalue weighted by Crippen LogP contribution is 2.21. The van der Waals surface area contributed by atoms with Crippen LogP contribution in [0, 0.1) is 36.5 Å². The lowest BCUT2D eigenvalue weighted by Gasteiger charge is -2.03. The minimum Gasteiger partial charge on any atom is -0.360 e. The first-order valence-electron chi connectivity index (χ1n) is 6.04. The average Bonchev–Trinajstić information content (AvgIpc) is 2.80. The number of nitrogens with zero attached hydrogens (tertiary/aromatic N) is 3. The third-order valence-electron chi connectivity index (χ3n) is 2.89. The van der Waals surface area contributed by atoms with E-state index < -0.39 is 0 Å². The van der Waals surface area contributed by atoms with Gasteiger partial charge in [0.25, 0.3) is 0 Å². The fourth-order valence-electron chi connectivity index (χ4n) is 1.69. The van der Waals surface area contributed by atoms with Crippen LogP contribution in [0.3, 0.4) is 0 Å². The predicted molar refractivity (Wildman–Crippen MR) is 76.4 cm³/mol. The Balaban J connectivity index is 2.27. The lowest BCUT2D eigenvalue weighted by molar-refractivity contribution is 1.22. The second-order valence-electron chi connectivity index (χ2n) is 4.30. The van der Waals surface area contributed by atoms with Crippen LogP contribution < -0.4 is 5.32 Å². The molecule has 1 heterocycles. The summed E-state index contributed by atoms with van der Waals surface area (Å²) < 4.78 is 0. The molecule has 0 unspecified atom stereocenters. The van der Waals surface area contributed by atoms with E-state index in [0.29, 0.717) is 0 Å². The molecule has 5 nitrogen and oxygen atoms in total. The number of allylic oxidation sites excluding steroid dienone is 1. The van der Waals surface area contributed by atoms with Crippen molar-refractivity contribution in [1.82, 2.24) is 9.97 Å². The zero-order chi connectivity index (χ0) is 14.5. The van der Waals surface area contributed by atoms with Crippen molar-refractivity contribution in [3.8, 4) is 23.5 Å². The number of imidazole rings is 1. The molecule has 1 aromatic heterocycles. The van der Waals surface area contributed by atoms with Crippen molar-refractivity contribution in [3.05, 3.63) is 47.4 Å². The summed E-state index contributed by atoms with van der Waals surface area (Å²) in [5, 5.41) is 20.3. The van der Waals surface area contributed by atoms with Gasteiger partial charge in [-0.2, -0.15) is 10.5 Å². The molecule has 20 heavy (non-hydrogen) atoms. The van der Waals surface area contributed by atoms with Crippen LogP contribution in [0.25, 0.3) is 11.4 Å². The first-order valence-corrected chi connectivity index (χ1v) is 6.04. The van der Waals surface area contributed by atoms with E-state index in [-0.39, 0.29) is 5.57 Å². The van der Waals surface area contributed by atoms with Crippen LogP contribution in [0.5, 0.6) is 0 Å². The molecule has 0 amide bonds. The van der Waals surface area contributed by atoms with E-state index in [0.717, 1.165) is 28.5 Å². The van der Waals surface area contributed by atoms with Crippen LogP contribution >= 0.6 is 0 Å². The summed E-state index contributed by atoms with van der Waals surface area (Å²) in [6.07, 6.45) is 1.39. The maximum Gasteiger partial charge on any atom is 0.145 e. The highest BCUT2D eigenvalue weighted by atomic mass is 14.9. The maximum atomic E-state index is 8.67. The zero-order valence-corrected chi connectivity index (χ0v) is 11.2. The lowest BCUT2D eigenvalue weighted by atomic mass is 10.2. The molecule has 1 aromatic carbocycles. The number of nitriles is 2. The Morgan fingerprint density at radius 1 is 1.30 bits per heavy atom. The van der Waals surface area contributed by atoms with Crippen LogP contribution in [0.15, 0.2) is 36.0 Å². The molecule has 0 aliphatic carbocycles. The fraction of sp³-hybridized carbons (Fsp3) is 0.133. The van der Waals surface area contributed by atoms with Gasteiger partial charge in [0.15, 0.2) is 0 Å². The van der Waals surface area contributed by atoms with E-state index in [1.54, 1.807) is 12.1 Å². The Bertz CT molecular complexity index is 705. The number of nitrogens with one attached hydrogen (secondary N) is 2. The molecule has 0 saturated heterocycles. The van der Waals surface area contributed by atoms with Gasteiger partial charge in [-0.25, -0.2) is 4.98 Å².